The molecule has 0 aliphatic heterocycles. The Morgan fingerprint density at radius 1 is 0.938 bits per heavy atom. The predicted octanol–water partition coefficient (Wildman–Crippen LogP) is 5.17. The van der Waals surface area contributed by atoms with Crippen LogP contribution in [-0.4, -0.2) is 4.98 Å². The van der Waals surface area contributed by atoms with Gasteiger partial charge in [-0.05, 0) is 6.92 Å². The first-order valence-electron chi connectivity index (χ1n) is 5.81. The summed E-state index contributed by atoms with van der Waals surface area (Å²) in [6.07, 6.45) is 0. The molecule has 0 fully saturated rings. The van der Waals surface area contributed by atoms with Crippen LogP contribution in [-0.2, 0) is 0 Å². The minimum absolute atomic E-state index is 1.07. The van der Waals surface area contributed by atoms with Crippen molar-refractivity contribution in [1.82, 2.24) is 4.98 Å². The van der Waals surface area contributed by atoms with E-state index in [4.69, 9.17) is 0 Å². The van der Waals surface area contributed by atoms with Crippen LogP contribution in [0.25, 0.3) is 11.3 Å². The monoisotopic (exact) mass is 235 g/mol. The van der Waals surface area contributed by atoms with Gasteiger partial charge in [-0.25, -0.2) is 4.98 Å². The minimum Gasteiger partial charge on any atom is -0.245 e. The van der Waals surface area contributed by atoms with Gasteiger partial charge >= 0.3 is 0 Å². The van der Waals surface area contributed by atoms with E-state index in [1.807, 2.05) is 33.2 Å². The third-order valence-electron chi connectivity index (χ3n) is 1.78. The van der Waals surface area contributed by atoms with Crippen LogP contribution < -0.4 is 0 Å². The zero-order valence-corrected chi connectivity index (χ0v) is 11.6. The van der Waals surface area contributed by atoms with Crippen molar-refractivity contribution < 1.29 is 0 Å². The molecule has 0 spiro atoms. The van der Waals surface area contributed by atoms with Crippen LogP contribution in [0.5, 0.6) is 0 Å². The summed E-state index contributed by atoms with van der Waals surface area (Å²) in [6.45, 7) is 10.1. The molecule has 0 radical (unpaired) electrons. The number of benzene rings is 1. The maximum atomic E-state index is 4.23. The van der Waals surface area contributed by atoms with Crippen LogP contribution in [0, 0.1) is 6.92 Å². The average Bonchev–Trinajstić information content (AvgIpc) is 2.89. The molecule has 16 heavy (non-hydrogen) atoms. The summed E-state index contributed by atoms with van der Waals surface area (Å²) in [5.74, 6) is 0. The Morgan fingerprint density at radius 3 is 1.94 bits per heavy atom. The van der Waals surface area contributed by atoms with Gasteiger partial charge < -0.3 is 0 Å². The third-order valence-corrected chi connectivity index (χ3v) is 2.37. The SMILES string of the molecule is CC.CC.Cc1ccc(-c2cscn2)cc1. The summed E-state index contributed by atoms with van der Waals surface area (Å²) in [4.78, 5) is 4.23. The van der Waals surface area contributed by atoms with Crippen LogP contribution in [0.15, 0.2) is 35.2 Å². The maximum Gasteiger partial charge on any atom is 0.0811 e. The lowest BCUT2D eigenvalue weighted by Crippen LogP contribution is -1.76. The third kappa shape index (κ3) is 4.58. The lowest BCUT2D eigenvalue weighted by molar-refractivity contribution is 1.39. The molecule has 1 heterocycles. The first-order valence-corrected chi connectivity index (χ1v) is 6.76. The summed E-state index contributed by atoms with van der Waals surface area (Å²) in [7, 11) is 0. The largest absolute Gasteiger partial charge is 0.245 e. The molecule has 0 saturated carbocycles. The van der Waals surface area contributed by atoms with Crippen molar-refractivity contribution in [2.45, 2.75) is 34.6 Å². The molecule has 2 aromatic rings. The van der Waals surface area contributed by atoms with E-state index in [-0.39, 0.29) is 0 Å². The van der Waals surface area contributed by atoms with E-state index in [0.29, 0.717) is 0 Å². The first kappa shape index (κ1) is 14.8. The Kier molecular flexibility index (Phi) is 8.45. The first-order chi connectivity index (χ1) is 7.86. The summed E-state index contributed by atoms with van der Waals surface area (Å²) < 4.78 is 0. The molecular weight excluding hydrogens is 214 g/mol. The van der Waals surface area contributed by atoms with E-state index >= 15 is 0 Å². The molecule has 0 N–H and O–H groups in total. The molecule has 88 valence electrons. The van der Waals surface area contributed by atoms with E-state index in [1.54, 1.807) is 11.3 Å². The quantitative estimate of drug-likeness (QED) is 0.664. The average molecular weight is 235 g/mol. The van der Waals surface area contributed by atoms with E-state index in [0.717, 1.165) is 5.69 Å². The van der Waals surface area contributed by atoms with Gasteiger partial charge in [0, 0.05) is 10.9 Å². The topological polar surface area (TPSA) is 12.9 Å². The lowest BCUT2D eigenvalue weighted by Gasteiger charge is -1.95. The fourth-order valence-corrected chi connectivity index (χ4v) is 1.64. The van der Waals surface area contributed by atoms with Crippen LogP contribution in [0.1, 0.15) is 33.3 Å². The highest BCUT2D eigenvalue weighted by molar-refractivity contribution is 7.07. The van der Waals surface area contributed by atoms with Crippen molar-refractivity contribution in [2.24, 2.45) is 0 Å². The van der Waals surface area contributed by atoms with Crippen molar-refractivity contribution in [3.8, 4) is 11.3 Å². The normalized spacial score (nSPS) is 8.31. The number of thiazole rings is 1. The molecule has 1 aromatic heterocycles. The van der Waals surface area contributed by atoms with Crippen molar-refractivity contribution in [3.05, 3.63) is 40.7 Å². The van der Waals surface area contributed by atoms with Crippen molar-refractivity contribution in [2.75, 3.05) is 0 Å². The highest BCUT2D eigenvalue weighted by Crippen LogP contribution is 2.18. The van der Waals surface area contributed by atoms with Gasteiger partial charge in [-0.15, -0.1) is 11.3 Å². The van der Waals surface area contributed by atoms with Gasteiger partial charge in [0.25, 0.3) is 0 Å². The Hall–Kier alpha value is -1.15. The van der Waals surface area contributed by atoms with Crippen molar-refractivity contribution in [1.29, 1.82) is 0 Å². The number of hydrogen-bond acceptors (Lipinski definition) is 2. The van der Waals surface area contributed by atoms with E-state index in [9.17, 15) is 0 Å². The minimum atomic E-state index is 1.07. The zero-order valence-electron chi connectivity index (χ0n) is 10.8. The molecule has 0 atom stereocenters. The summed E-state index contributed by atoms with van der Waals surface area (Å²) in [5, 5.41) is 2.06. The van der Waals surface area contributed by atoms with Gasteiger partial charge in [0.2, 0.25) is 0 Å². The summed E-state index contributed by atoms with van der Waals surface area (Å²) >= 11 is 1.63. The zero-order chi connectivity index (χ0) is 12.4. The van der Waals surface area contributed by atoms with Crippen LogP contribution in [0.3, 0.4) is 0 Å². The van der Waals surface area contributed by atoms with Gasteiger partial charge in [0.15, 0.2) is 0 Å². The molecule has 0 unspecified atom stereocenters. The van der Waals surface area contributed by atoms with E-state index in [2.05, 4.69) is 41.6 Å². The standard InChI is InChI=1S/C10H9NS.2C2H6/c1-8-2-4-9(5-3-8)10-6-12-7-11-10;2*1-2/h2-7H,1H3;2*1-2H3. The van der Waals surface area contributed by atoms with E-state index in [1.165, 1.54) is 11.1 Å². The number of rotatable bonds is 1. The van der Waals surface area contributed by atoms with E-state index < -0.39 is 0 Å². The summed E-state index contributed by atoms with van der Waals surface area (Å²) in [5.41, 5.74) is 5.41. The number of hydrogen-bond donors (Lipinski definition) is 0. The molecule has 0 aliphatic carbocycles. The van der Waals surface area contributed by atoms with Gasteiger partial charge in [0.1, 0.15) is 0 Å². The highest BCUT2D eigenvalue weighted by Gasteiger charge is 1.96. The molecule has 1 aromatic carbocycles. The molecule has 2 heteroatoms. The Labute approximate surface area is 103 Å². The second-order valence-corrected chi connectivity index (χ2v) is 3.46. The maximum absolute atomic E-state index is 4.23. The Balaban J connectivity index is 0.000000509. The van der Waals surface area contributed by atoms with Gasteiger partial charge in [0.05, 0.1) is 11.2 Å². The fraction of sp³-hybridized carbons (Fsp3) is 0.357. The number of aryl methyl sites for hydroxylation is 1. The van der Waals surface area contributed by atoms with Gasteiger partial charge in [-0.3, -0.25) is 0 Å². The highest BCUT2D eigenvalue weighted by atomic mass is 32.1. The van der Waals surface area contributed by atoms with Crippen LogP contribution in [0.4, 0.5) is 0 Å². The van der Waals surface area contributed by atoms with Crippen molar-refractivity contribution >= 4 is 11.3 Å². The molecule has 0 aliphatic rings. The predicted molar refractivity (Wildman–Crippen MR) is 75.0 cm³/mol. The molecule has 0 amide bonds. The van der Waals surface area contributed by atoms with Gasteiger partial charge in [-0.1, -0.05) is 57.5 Å². The Bertz CT molecular complexity index is 349. The fourth-order valence-electron chi connectivity index (χ4n) is 1.08. The second-order valence-electron chi connectivity index (χ2n) is 2.74. The van der Waals surface area contributed by atoms with Crippen LogP contribution >= 0.6 is 11.3 Å². The van der Waals surface area contributed by atoms with Gasteiger partial charge in [-0.2, -0.15) is 0 Å². The molecule has 1 nitrogen and oxygen atoms in total. The lowest BCUT2D eigenvalue weighted by atomic mass is 10.1. The molecule has 0 bridgehead atoms. The summed E-state index contributed by atoms with van der Waals surface area (Å²) in [6, 6.07) is 8.41. The van der Waals surface area contributed by atoms with Crippen molar-refractivity contribution in [3.63, 3.8) is 0 Å². The smallest absolute Gasteiger partial charge is 0.0811 e. The molecule has 0 saturated heterocycles. The second kappa shape index (κ2) is 9.10. The molecular formula is C14H21NS. The van der Waals surface area contributed by atoms with Crippen LogP contribution in [0.2, 0.25) is 0 Å². The molecule has 2 rings (SSSR count). The number of nitrogens with zero attached hydrogens (tertiary/aromatic N) is 1. The Morgan fingerprint density at radius 2 is 1.50 bits per heavy atom. The number of aromatic nitrogens is 1.